The third-order valence-corrected chi connectivity index (χ3v) is 2.12. The van der Waals surface area contributed by atoms with Crippen molar-refractivity contribution < 1.29 is 0 Å². The maximum absolute atomic E-state index is 4.29. The van der Waals surface area contributed by atoms with Gasteiger partial charge in [-0.15, -0.1) is 0 Å². The molecule has 1 unspecified atom stereocenters. The van der Waals surface area contributed by atoms with E-state index in [9.17, 15) is 0 Å². The van der Waals surface area contributed by atoms with E-state index in [2.05, 4.69) is 38.1 Å². The van der Waals surface area contributed by atoms with Gasteiger partial charge >= 0.3 is 0 Å². The maximum atomic E-state index is 4.29. The molecule has 1 heterocycles. The fraction of sp³-hybridized carbons (Fsp3) is 0.700. The highest BCUT2D eigenvalue weighted by Crippen LogP contribution is 2.16. The van der Waals surface area contributed by atoms with E-state index in [0.717, 1.165) is 12.2 Å². The number of nitrogens with zero attached hydrogens (tertiary/aromatic N) is 2. The Hall–Kier alpha value is -0.990. The van der Waals surface area contributed by atoms with Gasteiger partial charge in [-0.25, -0.2) is 4.68 Å². The van der Waals surface area contributed by atoms with Crippen LogP contribution in [-0.4, -0.2) is 15.8 Å². The Labute approximate surface area is 80.1 Å². The molecule has 0 saturated carbocycles. The predicted octanol–water partition coefficient (Wildman–Crippen LogP) is 2.67. The van der Waals surface area contributed by atoms with Crippen LogP contribution in [0.15, 0.2) is 12.3 Å². The van der Waals surface area contributed by atoms with Crippen LogP contribution in [0, 0.1) is 0 Å². The molecule has 1 aromatic rings. The van der Waals surface area contributed by atoms with E-state index in [-0.39, 0.29) is 0 Å². The Morgan fingerprint density at radius 3 is 2.69 bits per heavy atom. The van der Waals surface area contributed by atoms with Gasteiger partial charge in [0, 0.05) is 12.1 Å². The van der Waals surface area contributed by atoms with Crippen LogP contribution in [0.25, 0.3) is 0 Å². The Balaban J connectivity index is 2.76. The third kappa shape index (κ3) is 2.47. The van der Waals surface area contributed by atoms with Gasteiger partial charge in [-0.05, 0) is 27.2 Å². The zero-order chi connectivity index (χ0) is 9.84. The lowest BCUT2D eigenvalue weighted by Crippen LogP contribution is -2.16. The fourth-order valence-electron chi connectivity index (χ4n) is 1.25. The molecule has 1 aromatic heterocycles. The molecule has 0 bridgehead atoms. The number of nitrogens with one attached hydrogen (secondary N) is 1. The minimum absolute atomic E-state index is 0.458. The first-order valence-corrected chi connectivity index (χ1v) is 4.95. The molecule has 1 N–H and O–H groups in total. The van der Waals surface area contributed by atoms with Gasteiger partial charge in [0.2, 0.25) is 0 Å². The van der Waals surface area contributed by atoms with Crippen molar-refractivity contribution in [3.63, 3.8) is 0 Å². The SMILES string of the molecule is CCC(C)n1nccc1NC(C)C. The van der Waals surface area contributed by atoms with E-state index >= 15 is 0 Å². The molecule has 0 radical (unpaired) electrons. The lowest BCUT2D eigenvalue weighted by atomic mass is 10.3. The molecule has 0 fully saturated rings. The minimum atomic E-state index is 0.458. The molecule has 0 aliphatic heterocycles. The lowest BCUT2D eigenvalue weighted by Gasteiger charge is -2.16. The molecule has 3 nitrogen and oxygen atoms in total. The van der Waals surface area contributed by atoms with Crippen molar-refractivity contribution in [2.45, 2.75) is 46.2 Å². The molecular formula is C10H19N3. The first-order chi connectivity index (χ1) is 6.15. The average Bonchev–Trinajstić information content (AvgIpc) is 2.50. The molecule has 1 rings (SSSR count). The highest BCUT2D eigenvalue weighted by atomic mass is 15.3. The summed E-state index contributed by atoms with van der Waals surface area (Å²) in [4.78, 5) is 0. The summed E-state index contributed by atoms with van der Waals surface area (Å²) in [7, 11) is 0. The van der Waals surface area contributed by atoms with Gasteiger partial charge in [0.05, 0.1) is 12.2 Å². The van der Waals surface area contributed by atoms with Gasteiger partial charge in [0.15, 0.2) is 0 Å². The second-order valence-corrected chi connectivity index (χ2v) is 3.72. The molecule has 0 amide bonds. The summed E-state index contributed by atoms with van der Waals surface area (Å²) in [6, 6.07) is 2.95. The maximum Gasteiger partial charge on any atom is 0.124 e. The van der Waals surface area contributed by atoms with Gasteiger partial charge in [0.1, 0.15) is 5.82 Å². The number of hydrogen-bond donors (Lipinski definition) is 1. The van der Waals surface area contributed by atoms with Crippen LogP contribution in [0.2, 0.25) is 0 Å². The van der Waals surface area contributed by atoms with Crippen LogP contribution in [0.1, 0.15) is 40.2 Å². The number of anilines is 1. The van der Waals surface area contributed by atoms with Gasteiger partial charge in [-0.1, -0.05) is 6.92 Å². The van der Waals surface area contributed by atoms with E-state index in [1.165, 1.54) is 0 Å². The minimum Gasteiger partial charge on any atom is -0.368 e. The summed E-state index contributed by atoms with van der Waals surface area (Å²) in [6.07, 6.45) is 2.95. The second kappa shape index (κ2) is 4.30. The quantitative estimate of drug-likeness (QED) is 0.774. The summed E-state index contributed by atoms with van der Waals surface area (Å²) < 4.78 is 2.04. The standard InChI is InChI=1S/C10H19N3/c1-5-9(4)13-10(6-7-11-13)12-8(2)3/h6-9,12H,5H2,1-4H3. The van der Waals surface area contributed by atoms with Crippen molar-refractivity contribution >= 4 is 5.82 Å². The normalized spacial score (nSPS) is 13.3. The van der Waals surface area contributed by atoms with Crippen LogP contribution < -0.4 is 5.32 Å². The fourth-order valence-corrected chi connectivity index (χ4v) is 1.25. The lowest BCUT2D eigenvalue weighted by molar-refractivity contribution is 0.481. The smallest absolute Gasteiger partial charge is 0.124 e. The number of rotatable bonds is 4. The second-order valence-electron chi connectivity index (χ2n) is 3.72. The molecule has 0 saturated heterocycles. The molecule has 0 aliphatic carbocycles. The van der Waals surface area contributed by atoms with E-state index in [1.54, 1.807) is 0 Å². The van der Waals surface area contributed by atoms with Gasteiger partial charge in [0.25, 0.3) is 0 Å². The Kier molecular flexibility index (Phi) is 3.34. The van der Waals surface area contributed by atoms with E-state index in [0.29, 0.717) is 12.1 Å². The van der Waals surface area contributed by atoms with Crippen molar-refractivity contribution in [3.05, 3.63) is 12.3 Å². The van der Waals surface area contributed by atoms with E-state index < -0.39 is 0 Å². The molecular weight excluding hydrogens is 162 g/mol. The highest BCUT2D eigenvalue weighted by molar-refractivity contribution is 5.35. The Bertz CT molecular complexity index is 252. The molecule has 1 atom stereocenters. The van der Waals surface area contributed by atoms with Crippen LogP contribution in [0.5, 0.6) is 0 Å². The molecule has 3 heteroatoms. The summed E-state index contributed by atoms with van der Waals surface area (Å²) in [6.45, 7) is 8.62. The summed E-state index contributed by atoms with van der Waals surface area (Å²) in [5, 5.41) is 7.66. The van der Waals surface area contributed by atoms with Gasteiger partial charge < -0.3 is 5.32 Å². The van der Waals surface area contributed by atoms with E-state index in [1.807, 2.05) is 16.9 Å². The average molecular weight is 181 g/mol. The van der Waals surface area contributed by atoms with Crippen molar-refractivity contribution in [2.75, 3.05) is 5.32 Å². The molecule has 74 valence electrons. The third-order valence-electron chi connectivity index (χ3n) is 2.12. The van der Waals surface area contributed by atoms with Crippen molar-refractivity contribution in [1.82, 2.24) is 9.78 Å². The summed E-state index contributed by atoms with van der Waals surface area (Å²) in [5.41, 5.74) is 0. The van der Waals surface area contributed by atoms with Crippen LogP contribution in [0.4, 0.5) is 5.82 Å². The van der Waals surface area contributed by atoms with Crippen molar-refractivity contribution in [3.8, 4) is 0 Å². The van der Waals surface area contributed by atoms with Crippen LogP contribution >= 0.6 is 0 Å². The molecule has 0 spiro atoms. The molecule has 0 aliphatic rings. The monoisotopic (exact) mass is 181 g/mol. The number of aromatic nitrogens is 2. The van der Waals surface area contributed by atoms with Crippen molar-refractivity contribution in [1.29, 1.82) is 0 Å². The largest absolute Gasteiger partial charge is 0.368 e. The molecule has 13 heavy (non-hydrogen) atoms. The summed E-state index contributed by atoms with van der Waals surface area (Å²) in [5.74, 6) is 1.12. The molecule has 0 aromatic carbocycles. The topological polar surface area (TPSA) is 29.9 Å². The van der Waals surface area contributed by atoms with Crippen molar-refractivity contribution in [2.24, 2.45) is 0 Å². The van der Waals surface area contributed by atoms with Crippen LogP contribution in [0.3, 0.4) is 0 Å². The zero-order valence-electron chi connectivity index (χ0n) is 8.91. The van der Waals surface area contributed by atoms with Gasteiger partial charge in [-0.3, -0.25) is 0 Å². The Morgan fingerprint density at radius 2 is 2.15 bits per heavy atom. The Morgan fingerprint density at radius 1 is 1.46 bits per heavy atom. The number of hydrogen-bond acceptors (Lipinski definition) is 2. The highest BCUT2D eigenvalue weighted by Gasteiger charge is 2.08. The first kappa shape index (κ1) is 10.1. The van der Waals surface area contributed by atoms with Crippen LogP contribution in [-0.2, 0) is 0 Å². The van der Waals surface area contributed by atoms with Gasteiger partial charge in [-0.2, -0.15) is 5.10 Å². The first-order valence-electron chi connectivity index (χ1n) is 4.95. The summed E-state index contributed by atoms with van der Waals surface area (Å²) >= 11 is 0. The van der Waals surface area contributed by atoms with E-state index in [4.69, 9.17) is 0 Å². The predicted molar refractivity (Wildman–Crippen MR) is 56.0 cm³/mol. The zero-order valence-corrected chi connectivity index (χ0v) is 8.91.